The van der Waals surface area contributed by atoms with Crippen molar-refractivity contribution in [3.05, 3.63) is 34.2 Å². The van der Waals surface area contributed by atoms with Crippen molar-refractivity contribution in [3.63, 3.8) is 0 Å². The standard InChI is InChI=1S/C14H12BrF4N3O/c1-2-20-12(23)6-21-10-5-11(14(17,18)19)22-13-8(10)3-7(15)4-9(13)16/h3-5H,2,6H2,1H3,(H,20,23)(H,21,22). The van der Waals surface area contributed by atoms with Gasteiger partial charge in [0.1, 0.15) is 11.2 Å². The third-order valence-corrected chi connectivity index (χ3v) is 3.39. The summed E-state index contributed by atoms with van der Waals surface area (Å²) in [6, 6.07) is 3.22. The van der Waals surface area contributed by atoms with Gasteiger partial charge in [0.2, 0.25) is 5.91 Å². The first-order chi connectivity index (χ1) is 10.7. The Labute approximate surface area is 137 Å². The van der Waals surface area contributed by atoms with Gasteiger partial charge >= 0.3 is 6.18 Å². The van der Waals surface area contributed by atoms with Crippen molar-refractivity contribution in [1.29, 1.82) is 0 Å². The Morgan fingerprint density at radius 3 is 2.61 bits per heavy atom. The second kappa shape index (κ2) is 6.69. The molecule has 0 aliphatic heterocycles. The number of aromatic nitrogens is 1. The average Bonchev–Trinajstić information content (AvgIpc) is 2.44. The van der Waals surface area contributed by atoms with E-state index < -0.39 is 23.2 Å². The number of carbonyl (C=O) groups excluding carboxylic acids is 1. The summed E-state index contributed by atoms with van der Waals surface area (Å²) in [5.41, 5.74) is -1.67. The maximum absolute atomic E-state index is 13.9. The van der Waals surface area contributed by atoms with Gasteiger partial charge in [0.25, 0.3) is 0 Å². The Kier molecular flexibility index (Phi) is 5.08. The molecule has 124 valence electrons. The van der Waals surface area contributed by atoms with Crippen molar-refractivity contribution < 1.29 is 22.4 Å². The number of amides is 1. The molecule has 0 atom stereocenters. The topological polar surface area (TPSA) is 54.0 Å². The number of anilines is 1. The van der Waals surface area contributed by atoms with Crippen molar-refractivity contribution in [2.24, 2.45) is 0 Å². The predicted octanol–water partition coefficient (Wildman–Crippen LogP) is 3.70. The molecule has 0 saturated heterocycles. The average molecular weight is 394 g/mol. The van der Waals surface area contributed by atoms with E-state index in [4.69, 9.17) is 0 Å². The maximum atomic E-state index is 13.9. The van der Waals surface area contributed by atoms with E-state index in [1.54, 1.807) is 6.92 Å². The highest BCUT2D eigenvalue weighted by molar-refractivity contribution is 9.10. The quantitative estimate of drug-likeness (QED) is 0.778. The Bertz CT molecular complexity index is 749. The Morgan fingerprint density at radius 2 is 2.00 bits per heavy atom. The molecule has 4 nitrogen and oxygen atoms in total. The largest absolute Gasteiger partial charge is 0.433 e. The van der Waals surface area contributed by atoms with Crippen molar-refractivity contribution in [2.75, 3.05) is 18.4 Å². The SMILES string of the molecule is CCNC(=O)CNc1cc(C(F)(F)F)nc2c(F)cc(Br)cc12. The molecule has 0 aliphatic carbocycles. The number of alkyl halides is 3. The molecule has 1 heterocycles. The molecule has 1 aromatic carbocycles. The zero-order valence-electron chi connectivity index (χ0n) is 11.9. The van der Waals surface area contributed by atoms with Crippen LogP contribution >= 0.6 is 15.9 Å². The number of benzene rings is 1. The molecule has 9 heteroatoms. The smallest absolute Gasteiger partial charge is 0.376 e. The minimum absolute atomic E-state index is 0.0196. The highest BCUT2D eigenvalue weighted by atomic mass is 79.9. The van der Waals surface area contributed by atoms with Crippen LogP contribution in [0.15, 0.2) is 22.7 Å². The van der Waals surface area contributed by atoms with E-state index in [9.17, 15) is 22.4 Å². The van der Waals surface area contributed by atoms with Gasteiger partial charge in [0, 0.05) is 22.1 Å². The highest BCUT2D eigenvalue weighted by Gasteiger charge is 2.34. The minimum atomic E-state index is -4.73. The van der Waals surface area contributed by atoms with Crippen molar-refractivity contribution in [1.82, 2.24) is 10.3 Å². The van der Waals surface area contributed by atoms with E-state index >= 15 is 0 Å². The lowest BCUT2D eigenvalue weighted by Gasteiger charge is -2.14. The summed E-state index contributed by atoms with van der Waals surface area (Å²) in [4.78, 5) is 14.8. The number of likely N-dealkylation sites (N-methyl/N-ethyl adjacent to an activating group) is 1. The molecule has 0 radical (unpaired) electrons. The number of rotatable bonds is 4. The van der Waals surface area contributed by atoms with Gasteiger partial charge in [0.15, 0.2) is 5.82 Å². The Hall–Kier alpha value is -1.90. The Balaban J connectivity index is 2.53. The molecule has 2 rings (SSSR count). The molecule has 2 aromatic rings. The van der Waals surface area contributed by atoms with Crippen LogP contribution in [0.4, 0.5) is 23.2 Å². The molecule has 1 amide bonds. The summed E-state index contributed by atoms with van der Waals surface area (Å²) >= 11 is 3.08. The van der Waals surface area contributed by atoms with Crippen LogP contribution in [-0.2, 0) is 11.0 Å². The van der Waals surface area contributed by atoms with Crippen LogP contribution in [0, 0.1) is 5.82 Å². The lowest BCUT2D eigenvalue weighted by molar-refractivity contribution is -0.140. The normalized spacial score (nSPS) is 11.6. The van der Waals surface area contributed by atoms with Crippen molar-refractivity contribution >= 4 is 38.4 Å². The fourth-order valence-electron chi connectivity index (χ4n) is 1.98. The summed E-state index contributed by atoms with van der Waals surface area (Å²) in [6.45, 7) is 1.87. The molecular weight excluding hydrogens is 382 g/mol. The molecule has 0 saturated carbocycles. The number of fused-ring (bicyclic) bond motifs is 1. The molecule has 0 unspecified atom stereocenters. The fourth-order valence-corrected chi connectivity index (χ4v) is 2.41. The van der Waals surface area contributed by atoms with Gasteiger partial charge in [-0.1, -0.05) is 15.9 Å². The minimum Gasteiger partial charge on any atom is -0.376 e. The predicted molar refractivity (Wildman–Crippen MR) is 81.6 cm³/mol. The molecule has 2 N–H and O–H groups in total. The molecule has 1 aromatic heterocycles. The van der Waals surface area contributed by atoms with E-state index in [2.05, 4.69) is 31.5 Å². The zero-order valence-corrected chi connectivity index (χ0v) is 13.5. The monoisotopic (exact) mass is 393 g/mol. The molecule has 23 heavy (non-hydrogen) atoms. The first kappa shape index (κ1) is 17.5. The third kappa shape index (κ3) is 4.10. The van der Waals surface area contributed by atoms with Gasteiger partial charge in [-0.2, -0.15) is 13.2 Å². The number of pyridine rings is 1. The second-order valence-electron chi connectivity index (χ2n) is 4.64. The third-order valence-electron chi connectivity index (χ3n) is 2.94. The van der Waals surface area contributed by atoms with Crippen LogP contribution in [0.5, 0.6) is 0 Å². The first-order valence-electron chi connectivity index (χ1n) is 6.60. The van der Waals surface area contributed by atoms with Crippen molar-refractivity contribution in [3.8, 4) is 0 Å². The number of hydrogen-bond donors (Lipinski definition) is 2. The Morgan fingerprint density at radius 1 is 1.30 bits per heavy atom. The summed E-state index contributed by atoms with van der Waals surface area (Å²) in [5.74, 6) is -1.27. The maximum Gasteiger partial charge on any atom is 0.433 e. The van der Waals surface area contributed by atoms with Crippen LogP contribution in [0.1, 0.15) is 12.6 Å². The van der Waals surface area contributed by atoms with Crippen LogP contribution in [-0.4, -0.2) is 24.0 Å². The van der Waals surface area contributed by atoms with Gasteiger partial charge in [0.05, 0.1) is 6.54 Å². The van der Waals surface area contributed by atoms with Gasteiger partial charge in [-0.15, -0.1) is 0 Å². The van der Waals surface area contributed by atoms with Gasteiger partial charge in [-0.05, 0) is 25.1 Å². The van der Waals surface area contributed by atoms with Crippen molar-refractivity contribution in [2.45, 2.75) is 13.1 Å². The summed E-state index contributed by atoms with van der Waals surface area (Å²) in [7, 11) is 0. The molecule has 0 spiro atoms. The van der Waals surface area contributed by atoms with Crippen LogP contribution < -0.4 is 10.6 Å². The van der Waals surface area contributed by atoms with E-state index in [-0.39, 0.29) is 23.5 Å². The van der Waals surface area contributed by atoms with Gasteiger partial charge < -0.3 is 10.6 Å². The second-order valence-corrected chi connectivity index (χ2v) is 5.56. The van der Waals surface area contributed by atoms with Crippen LogP contribution in [0.3, 0.4) is 0 Å². The van der Waals surface area contributed by atoms with Crippen LogP contribution in [0.2, 0.25) is 0 Å². The van der Waals surface area contributed by atoms with E-state index in [0.29, 0.717) is 11.0 Å². The van der Waals surface area contributed by atoms with Gasteiger partial charge in [-0.25, -0.2) is 9.37 Å². The lowest BCUT2D eigenvalue weighted by atomic mass is 10.1. The van der Waals surface area contributed by atoms with E-state index in [0.717, 1.165) is 12.1 Å². The number of nitrogens with one attached hydrogen (secondary N) is 2. The fraction of sp³-hybridized carbons (Fsp3) is 0.286. The number of hydrogen-bond acceptors (Lipinski definition) is 3. The summed E-state index contributed by atoms with van der Waals surface area (Å²) in [6.07, 6.45) is -4.73. The number of carbonyl (C=O) groups is 1. The summed E-state index contributed by atoms with van der Waals surface area (Å²) in [5, 5.41) is 5.26. The number of halogens is 5. The van der Waals surface area contributed by atoms with Crippen LogP contribution in [0.25, 0.3) is 10.9 Å². The summed E-state index contributed by atoms with van der Waals surface area (Å²) < 4.78 is 53.1. The highest BCUT2D eigenvalue weighted by Crippen LogP contribution is 2.35. The molecular formula is C14H12BrF4N3O. The van der Waals surface area contributed by atoms with E-state index in [1.807, 2.05) is 0 Å². The molecule has 0 aliphatic rings. The molecule has 0 bridgehead atoms. The first-order valence-corrected chi connectivity index (χ1v) is 7.39. The molecule has 0 fully saturated rings. The lowest BCUT2D eigenvalue weighted by Crippen LogP contribution is -2.29. The number of nitrogens with zero attached hydrogens (tertiary/aromatic N) is 1. The van der Waals surface area contributed by atoms with E-state index in [1.165, 1.54) is 6.07 Å². The zero-order chi connectivity index (χ0) is 17.2. The van der Waals surface area contributed by atoms with Gasteiger partial charge in [-0.3, -0.25) is 4.79 Å².